The number of nitrogens with two attached hydrogens (primary N) is 1. The molecule has 0 radical (unpaired) electrons. The highest BCUT2D eigenvalue weighted by atomic mass is 19.4. The predicted octanol–water partition coefficient (Wildman–Crippen LogP) is 3.72. The lowest BCUT2D eigenvalue weighted by atomic mass is 10.1. The summed E-state index contributed by atoms with van der Waals surface area (Å²) in [7, 11) is 0. The van der Waals surface area contributed by atoms with Gasteiger partial charge in [0.05, 0.1) is 16.6 Å². The van der Waals surface area contributed by atoms with Crippen molar-refractivity contribution in [2.75, 3.05) is 11.1 Å². The van der Waals surface area contributed by atoms with E-state index in [0.717, 1.165) is 6.07 Å². The van der Waals surface area contributed by atoms with E-state index in [4.69, 9.17) is 5.73 Å². The van der Waals surface area contributed by atoms with Crippen LogP contribution in [0.1, 0.15) is 5.56 Å². The Morgan fingerprint density at radius 2 is 1.79 bits per heavy atom. The van der Waals surface area contributed by atoms with E-state index >= 15 is 0 Å². The maximum Gasteiger partial charge on any atom is 0.419 e. The van der Waals surface area contributed by atoms with Gasteiger partial charge in [-0.05, 0) is 12.1 Å². The van der Waals surface area contributed by atoms with Crippen LogP contribution in [-0.4, -0.2) is 15.2 Å². The molecule has 0 fully saturated rings. The summed E-state index contributed by atoms with van der Waals surface area (Å²) in [5, 5.41) is 8.08. The summed E-state index contributed by atoms with van der Waals surface area (Å²) in [4.78, 5) is 3.70. The fourth-order valence-electron chi connectivity index (χ4n) is 2.04. The van der Waals surface area contributed by atoms with Gasteiger partial charge in [-0.1, -0.05) is 0 Å². The van der Waals surface area contributed by atoms with Gasteiger partial charge >= 0.3 is 6.18 Å². The maximum absolute atomic E-state index is 14.0. The van der Waals surface area contributed by atoms with Crippen LogP contribution in [0.3, 0.4) is 0 Å². The Bertz CT molecular complexity index is 933. The zero-order valence-corrected chi connectivity index (χ0v) is 11.5. The van der Waals surface area contributed by atoms with Crippen molar-refractivity contribution >= 4 is 28.4 Å². The van der Waals surface area contributed by atoms with Crippen molar-refractivity contribution in [2.24, 2.45) is 0 Å². The SMILES string of the molecule is Nc1n[nH]c2nc(Nc3cc(F)cc(C(F)(F)F)c3F)c(F)cc12. The van der Waals surface area contributed by atoms with Gasteiger partial charge in [0, 0.05) is 6.07 Å². The maximum atomic E-state index is 14.0. The lowest BCUT2D eigenvalue weighted by molar-refractivity contribution is -0.140. The average molecular weight is 347 g/mol. The molecule has 126 valence electrons. The van der Waals surface area contributed by atoms with Crippen molar-refractivity contribution in [3.8, 4) is 0 Å². The molecule has 24 heavy (non-hydrogen) atoms. The minimum absolute atomic E-state index is 0.00306. The number of fused-ring (bicyclic) bond motifs is 1. The van der Waals surface area contributed by atoms with Gasteiger partial charge in [0.1, 0.15) is 5.82 Å². The molecule has 0 aliphatic rings. The van der Waals surface area contributed by atoms with E-state index in [0.29, 0.717) is 6.07 Å². The normalized spacial score (nSPS) is 11.9. The first-order chi connectivity index (χ1) is 11.2. The number of H-pyrrole nitrogens is 1. The minimum atomic E-state index is -5.11. The van der Waals surface area contributed by atoms with Gasteiger partial charge in [0.15, 0.2) is 28.9 Å². The molecule has 3 rings (SSSR count). The smallest absolute Gasteiger partial charge is 0.382 e. The standard InChI is InChI=1S/C13H7F6N5/c14-4-1-6(13(17,18)19)9(16)8(2-4)21-12-7(15)3-5-10(20)23-24-11(5)22-12/h1-3H,(H4,20,21,22,23,24). The number of rotatable bonds is 2. The van der Waals surface area contributed by atoms with E-state index < -0.39 is 40.7 Å². The lowest BCUT2D eigenvalue weighted by Gasteiger charge is -2.13. The minimum Gasteiger partial charge on any atom is -0.382 e. The van der Waals surface area contributed by atoms with Crippen molar-refractivity contribution in [3.63, 3.8) is 0 Å². The molecule has 0 unspecified atom stereocenters. The molecule has 0 aliphatic carbocycles. The second-order valence-electron chi connectivity index (χ2n) is 4.76. The Morgan fingerprint density at radius 1 is 1.08 bits per heavy atom. The van der Waals surface area contributed by atoms with Gasteiger partial charge in [-0.25, -0.2) is 18.2 Å². The highest BCUT2D eigenvalue weighted by Crippen LogP contribution is 2.36. The third kappa shape index (κ3) is 2.68. The number of benzene rings is 1. The van der Waals surface area contributed by atoms with Crippen molar-refractivity contribution in [1.29, 1.82) is 0 Å². The molecule has 0 amide bonds. The Kier molecular flexibility index (Phi) is 3.50. The molecule has 11 heteroatoms. The summed E-state index contributed by atoms with van der Waals surface area (Å²) in [6, 6.07) is 1.37. The van der Waals surface area contributed by atoms with Crippen LogP contribution in [0.2, 0.25) is 0 Å². The van der Waals surface area contributed by atoms with E-state index in [1.54, 1.807) is 0 Å². The van der Waals surface area contributed by atoms with Crippen LogP contribution < -0.4 is 11.1 Å². The average Bonchev–Trinajstić information content (AvgIpc) is 2.82. The molecule has 5 nitrogen and oxygen atoms in total. The van der Waals surface area contributed by atoms with Gasteiger partial charge < -0.3 is 11.1 Å². The van der Waals surface area contributed by atoms with E-state index in [-0.39, 0.29) is 22.9 Å². The zero-order valence-electron chi connectivity index (χ0n) is 11.5. The van der Waals surface area contributed by atoms with Crippen LogP contribution in [-0.2, 0) is 6.18 Å². The summed E-state index contributed by atoms with van der Waals surface area (Å²) in [5.74, 6) is -4.83. The topological polar surface area (TPSA) is 79.6 Å². The van der Waals surface area contributed by atoms with Crippen LogP contribution in [0.25, 0.3) is 11.0 Å². The number of aromatic amines is 1. The molecule has 3 aromatic rings. The Balaban J connectivity index is 2.09. The monoisotopic (exact) mass is 347 g/mol. The molecule has 0 saturated heterocycles. The van der Waals surface area contributed by atoms with Crippen LogP contribution in [0.15, 0.2) is 18.2 Å². The molecular formula is C13H7F6N5. The number of nitrogens with zero attached hydrogens (tertiary/aromatic N) is 2. The number of hydrogen-bond acceptors (Lipinski definition) is 4. The molecule has 0 spiro atoms. The summed E-state index contributed by atoms with van der Waals surface area (Å²) in [6.45, 7) is 0. The summed E-state index contributed by atoms with van der Waals surface area (Å²) < 4.78 is 79.3. The number of halogens is 6. The van der Waals surface area contributed by atoms with E-state index in [9.17, 15) is 26.3 Å². The van der Waals surface area contributed by atoms with Crippen molar-refractivity contribution in [3.05, 3.63) is 41.2 Å². The van der Waals surface area contributed by atoms with E-state index in [2.05, 4.69) is 15.2 Å². The first-order valence-electron chi connectivity index (χ1n) is 6.30. The van der Waals surface area contributed by atoms with Gasteiger partial charge in [0.25, 0.3) is 0 Å². The molecule has 0 atom stereocenters. The Morgan fingerprint density at radius 3 is 2.46 bits per heavy atom. The number of anilines is 3. The highest BCUT2D eigenvalue weighted by Gasteiger charge is 2.36. The van der Waals surface area contributed by atoms with Crippen molar-refractivity contribution in [1.82, 2.24) is 15.2 Å². The fourth-order valence-corrected chi connectivity index (χ4v) is 2.04. The van der Waals surface area contributed by atoms with Crippen molar-refractivity contribution < 1.29 is 26.3 Å². The van der Waals surface area contributed by atoms with Gasteiger partial charge in [-0.15, -0.1) is 0 Å². The Labute approximate surface area is 129 Å². The van der Waals surface area contributed by atoms with Crippen LogP contribution in [0.4, 0.5) is 43.7 Å². The molecule has 1 aromatic carbocycles. The van der Waals surface area contributed by atoms with Crippen LogP contribution in [0, 0.1) is 17.5 Å². The number of aromatic nitrogens is 3. The summed E-state index contributed by atoms with van der Waals surface area (Å²) in [6.07, 6.45) is -5.11. The quantitative estimate of drug-likeness (QED) is 0.618. The van der Waals surface area contributed by atoms with Crippen molar-refractivity contribution in [2.45, 2.75) is 6.18 Å². The second-order valence-corrected chi connectivity index (χ2v) is 4.76. The molecule has 2 heterocycles. The Hall–Kier alpha value is -2.98. The van der Waals surface area contributed by atoms with Gasteiger partial charge in [0.2, 0.25) is 0 Å². The number of hydrogen-bond donors (Lipinski definition) is 3. The molecule has 0 aliphatic heterocycles. The fraction of sp³-hybridized carbons (Fsp3) is 0.0769. The first-order valence-corrected chi connectivity index (χ1v) is 6.30. The third-order valence-electron chi connectivity index (χ3n) is 3.13. The van der Waals surface area contributed by atoms with Crippen LogP contribution in [0.5, 0.6) is 0 Å². The molecule has 4 N–H and O–H groups in total. The van der Waals surface area contributed by atoms with Crippen LogP contribution >= 0.6 is 0 Å². The van der Waals surface area contributed by atoms with E-state index in [1.807, 2.05) is 5.32 Å². The van der Waals surface area contributed by atoms with E-state index in [1.165, 1.54) is 0 Å². The lowest BCUT2D eigenvalue weighted by Crippen LogP contribution is -2.11. The molecule has 0 saturated carbocycles. The number of nitrogens with one attached hydrogen (secondary N) is 2. The summed E-state index contributed by atoms with van der Waals surface area (Å²) >= 11 is 0. The second kappa shape index (κ2) is 5.28. The van der Waals surface area contributed by atoms with Gasteiger partial charge in [-0.3, -0.25) is 5.10 Å². The number of nitrogen functional groups attached to an aromatic ring is 1. The number of alkyl halides is 3. The molecule has 0 bridgehead atoms. The first kappa shape index (κ1) is 15.9. The zero-order chi connectivity index (χ0) is 17.6. The molecule has 2 aromatic heterocycles. The third-order valence-corrected chi connectivity index (χ3v) is 3.13. The summed E-state index contributed by atoms with van der Waals surface area (Å²) in [5.41, 5.74) is 2.74. The predicted molar refractivity (Wildman–Crippen MR) is 72.9 cm³/mol. The van der Waals surface area contributed by atoms with Gasteiger partial charge in [-0.2, -0.15) is 18.3 Å². The largest absolute Gasteiger partial charge is 0.419 e. The number of pyridine rings is 1. The highest BCUT2D eigenvalue weighted by molar-refractivity contribution is 5.87. The molecular weight excluding hydrogens is 340 g/mol.